The third kappa shape index (κ3) is 2.08. The van der Waals surface area contributed by atoms with Crippen LogP contribution in [0, 0.1) is 0 Å². The molecule has 4 rings (SSSR count). The molecule has 23 heavy (non-hydrogen) atoms. The van der Waals surface area contributed by atoms with Crippen molar-refractivity contribution in [3.63, 3.8) is 0 Å². The van der Waals surface area contributed by atoms with Crippen LogP contribution in [0.25, 0.3) is 27.7 Å². The van der Waals surface area contributed by atoms with E-state index in [0.717, 1.165) is 22.1 Å². The zero-order chi connectivity index (χ0) is 16.0. The van der Waals surface area contributed by atoms with Crippen LogP contribution in [0.2, 0.25) is 0 Å². The van der Waals surface area contributed by atoms with Gasteiger partial charge in [0.05, 0.1) is 12.1 Å². The summed E-state index contributed by atoms with van der Waals surface area (Å²) in [6.07, 6.45) is 0. The number of rotatable bonds is 2. The quantitative estimate of drug-likeness (QED) is 0.527. The zero-order valence-electron chi connectivity index (χ0n) is 12.2. The lowest BCUT2D eigenvalue weighted by Crippen LogP contribution is -2.10. The van der Waals surface area contributed by atoms with Crippen LogP contribution in [0.15, 0.2) is 53.3 Å². The van der Waals surface area contributed by atoms with Crippen molar-refractivity contribution in [2.24, 2.45) is 0 Å². The van der Waals surface area contributed by atoms with E-state index < -0.39 is 0 Å². The van der Waals surface area contributed by atoms with Crippen molar-refractivity contribution >= 4 is 22.2 Å². The first-order chi connectivity index (χ1) is 11.2. The SMILES string of the molecule is Nc1cc2n[nH]c(=O)n2c2cc(-c3ccc(CO)cc3)ccc12. The van der Waals surface area contributed by atoms with Crippen LogP contribution in [0.3, 0.4) is 0 Å². The van der Waals surface area contributed by atoms with E-state index in [1.54, 1.807) is 6.07 Å². The summed E-state index contributed by atoms with van der Waals surface area (Å²) in [5, 5.41) is 16.4. The summed E-state index contributed by atoms with van der Waals surface area (Å²) < 4.78 is 1.51. The second-order valence-electron chi connectivity index (χ2n) is 5.41. The summed E-state index contributed by atoms with van der Waals surface area (Å²) in [5.41, 5.74) is 10.4. The van der Waals surface area contributed by atoms with E-state index in [-0.39, 0.29) is 12.3 Å². The smallest absolute Gasteiger partial charge is 0.348 e. The molecule has 4 aromatic rings. The molecule has 6 nitrogen and oxygen atoms in total. The highest BCUT2D eigenvalue weighted by atomic mass is 16.3. The van der Waals surface area contributed by atoms with Gasteiger partial charge < -0.3 is 10.8 Å². The lowest BCUT2D eigenvalue weighted by Gasteiger charge is -2.08. The minimum absolute atomic E-state index is 0.0135. The highest BCUT2D eigenvalue weighted by molar-refractivity contribution is 5.95. The van der Waals surface area contributed by atoms with Crippen molar-refractivity contribution in [1.82, 2.24) is 14.6 Å². The molecule has 0 bridgehead atoms. The van der Waals surface area contributed by atoms with E-state index in [1.165, 1.54) is 4.40 Å². The molecule has 0 amide bonds. The second kappa shape index (κ2) is 4.96. The lowest BCUT2D eigenvalue weighted by molar-refractivity contribution is 0.282. The number of pyridine rings is 1. The molecular formula is C17H14N4O2. The Labute approximate surface area is 130 Å². The maximum atomic E-state index is 12.0. The highest BCUT2D eigenvalue weighted by Gasteiger charge is 2.10. The molecular weight excluding hydrogens is 292 g/mol. The Morgan fingerprint density at radius 3 is 2.57 bits per heavy atom. The number of benzene rings is 2. The largest absolute Gasteiger partial charge is 0.398 e. The summed E-state index contributed by atoms with van der Waals surface area (Å²) in [6, 6.07) is 15.1. The van der Waals surface area contributed by atoms with Crippen molar-refractivity contribution in [1.29, 1.82) is 0 Å². The Kier molecular flexibility index (Phi) is 2.92. The maximum absolute atomic E-state index is 12.0. The van der Waals surface area contributed by atoms with Gasteiger partial charge in [0.15, 0.2) is 5.65 Å². The number of aromatic amines is 1. The van der Waals surface area contributed by atoms with Crippen LogP contribution in [0.1, 0.15) is 5.56 Å². The van der Waals surface area contributed by atoms with Crippen LogP contribution in [0.4, 0.5) is 5.69 Å². The van der Waals surface area contributed by atoms with Crippen molar-refractivity contribution in [2.75, 3.05) is 5.73 Å². The average Bonchev–Trinajstić information content (AvgIpc) is 2.95. The molecule has 6 heteroatoms. The summed E-state index contributed by atoms with van der Waals surface area (Å²) in [5.74, 6) is 0. The van der Waals surface area contributed by atoms with Gasteiger partial charge in [0.25, 0.3) is 0 Å². The van der Waals surface area contributed by atoms with Crippen LogP contribution in [-0.2, 0) is 6.61 Å². The standard InChI is InChI=1S/C17H14N4O2/c18-14-8-16-19-20-17(23)21(16)15-7-12(5-6-13(14)15)11-3-1-10(9-22)2-4-11/h1-8,22H,9,18H2,(H,20,23). The number of nitrogens with two attached hydrogens (primary N) is 1. The van der Waals surface area contributed by atoms with Crippen molar-refractivity contribution in [2.45, 2.75) is 6.61 Å². The monoisotopic (exact) mass is 306 g/mol. The van der Waals surface area contributed by atoms with Gasteiger partial charge in [0, 0.05) is 17.1 Å². The third-order valence-corrected chi connectivity index (χ3v) is 4.00. The van der Waals surface area contributed by atoms with E-state index in [2.05, 4.69) is 10.2 Å². The van der Waals surface area contributed by atoms with Gasteiger partial charge in [0.2, 0.25) is 0 Å². The Morgan fingerprint density at radius 1 is 1.09 bits per heavy atom. The van der Waals surface area contributed by atoms with Gasteiger partial charge >= 0.3 is 5.69 Å². The first-order valence-electron chi connectivity index (χ1n) is 7.17. The Hall–Kier alpha value is -3.12. The molecule has 2 aromatic heterocycles. The number of hydrogen-bond acceptors (Lipinski definition) is 4. The first kappa shape index (κ1) is 13.5. The molecule has 0 fully saturated rings. The number of aromatic nitrogens is 3. The van der Waals surface area contributed by atoms with Gasteiger partial charge in [-0.1, -0.05) is 36.4 Å². The molecule has 0 aliphatic rings. The summed E-state index contributed by atoms with van der Waals surface area (Å²) in [6.45, 7) is 0.0135. The molecule has 2 heterocycles. The number of hydrogen-bond donors (Lipinski definition) is 3. The Balaban J connectivity index is 2.00. The van der Waals surface area contributed by atoms with E-state index in [4.69, 9.17) is 10.8 Å². The number of nitrogens with zero attached hydrogens (tertiary/aromatic N) is 2. The Morgan fingerprint density at radius 2 is 1.83 bits per heavy atom. The highest BCUT2D eigenvalue weighted by Crippen LogP contribution is 2.28. The predicted octanol–water partition coefficient (Wildman–Crippen LogP) is 1.92. The molecule has 2 aromatic carbocycles. The van der Waals surface area contributed by atoms with Gasteiger partial charge in [-0.2, -0.15) is 5.10 Å². The van der Waals surface area contributed by atoms with Gasteiger partial charge in [-0.05, 0) is 22.8 Å². The minimum Gasteiger partial charge on any atom is -0.398 e. The average molecular weight is 306 g/mol. The lowest BCUT2D eigenvalue weighted by atomic mass is 10.0. The molecule has 0 atom stereocenters. The van der Waals surface area contributed by atoms with E-state index in [0.29, 0.717) is 16.9 Å². The van der Waals surface area contributed by atoms with Crippen molar-refractivity contribution in [3.8, 4) is 11.1 Å². The molecule has 0 spiro atoms. The summed E-state index contributed by atoms with van der Waals surface area (Å²) in [7, 11) is 0. The first-order valence-corrected chi connectivity index (χ1v) is 7.17. The topological polar surface area (TPSA) is 96.4 Å². The zero-order valence-corrected chi connectivity index (χ0v) is 12.2. The van der Waals surface area contributed by atoms with Crippen LogP contribution >= 0.6 is 0 Å². The fourth-order valence-electron chi connectivity index (χ4n) is 2.80. The van der Waals surface area contributed by atoms with Gasteiger partial charge in [-0.25, -0.2) is 14.3 Å². The molecule has 114 valence electrons. The van der Waals surface area contributed by atoms with Crippen molar-refractivity contribution in [3.05, 3.63) is 64.6 Å². The van der Waals surface area contributed by atoms with Gasteiger partial charge in [0.1, 0.15) is 0 Å². The molecule has 0 unspecified atom stereocenters. The normalized spacial score (nSPS) is 11.3. The maximum Gasteiger partial charge on any atom is 0.348 e. The minimum atomic E-state index is -0.294. The molecule has 4 N–H and O–H groups in total. The number of nitrogens with one attached hydrogen (secondary N) is 1. The van der Waals surface area contributed by atoms with E-state index in [1.807, 2.05) is 42.5 Å². The number of fused-ring (bicyclic) bond motifs is 3. The number of H-pyrrole nitrogens is 1. The van der Waals surface area contributed by atoms with E-state index >= 15 is 0 Å². The molecule has 0 saturated carbocycles. The van der Waals surface area contributed by atoms with Crippen LogP contribution < -0.4 is 11.4 Å². The fourth-order valence-corrected chi connectivity index (χ4v) is 2.80. The summed E-state index contributed by atoms with van der Waals surface area (Å²) >= 11 is 0. The Bertz CT molecular complexity index is 1080. The molecule has 0 aliphatic heterocycles. The third-order valence-electron chi connectivity index (χ3n) is 4.00. The number of nitrogen functional groups attached to an aromatic ring is 1. The molecule has 0 aliphatic carbocycles. The van der Waals surface area contributed by atoms with Crippen molar-refractivity contribution < 1.29 is 5.11 Å². The van der Waals surface area contributed by atoms with Crippen LogP contribution in [0.5, 0.6) is 0 Å². The number of aliphatic hydroxyl groups excluding tert-OH is 1. The fraction of sp³-hybridized carbons (Fsp3) is 0.0588. The van der Waals surface area contributed by atoms with Gasteiger partial charge in [-0.3, -0.25) is 0 Å². The predicted molar refractivity (Wildman–Crippen MR) is 89.1 cm³/mol. The summed E-state index contributed by atoms with van der Waals surface area (Å²) in [4.78, 5) is 12.0. The number of aliphatic hydroxyl groups is 1. The van der Waals surface area contributed by atoms with Crippen LogP contribution in [-0.4, -0.2) is 19.7 Å². The second-order valence-corrected chi connectivity index (χ2v) is 5.41. The van der Waals surface area contributed by atoms with E-state index in [9.17, 15) is 4.79 Å². The number of anilines is 1. The van der Waals surface area contributed by atoms with Gasteiger partial charge in [-0.15, -0.1) is 0 Å². The molecule has 0 saturated heterocycles. The molecule has 0 radical (unpaired) electrons.